The number of pyridine rings is 1. The maximum atomic E-state index is 12.9. The topological polar surface area (TPSA) is 156 Å². The van der Waals surface area contributed by atoms with E-state index in [2.05, 4.69) is 39.6 Å². The van der Waals surface area contributed by atoms with Crippen LogP contribution < -0.4 is 26.6 Å². The second-order valence-corrected chi connectivity index (χ2v) is 7.02. The molecule has 1 atom stereocenters. The fourth-order valence-electron chi connectivity index (χ4n) is 3.36. The molecule has 2 aliphatic rings. The summed E-state index contributed by atoms with van der Waals surface area (Å²) in [5, 5.41) is 4.65. The molecule has 2 aromatic rings. The van der Waals surface area contributed by atoms with Gasteiger partial charge in [0.2, 0.25) is 5.54 Å². The van der Waals surface area contributed by atoms with Crippen molar-refractivity contribution < 1.29 is 23.9 Å². The summed E-state index contributed by atoms with van der Waals surface area (Å²) < 4.78 is 5.09. The summed E-state index contributed by atoms with van der Waals surface area (Å²) in [5.41, 5.74) is 1.73. The molecule has 0 spiro atoms. The molecule has 0 radical (unpaired) electrons. The van der Waals surface area contributed by atoms with Crippen LogP contribution in [0.1, 0.15) is 31.8 Å². The van der Waals surface area contributed by atoms with Crippen molar-refractivity contribution in [1.29, 1.82) is 0 Å². The van der Waals surface area contributed by atoms with Gasteiger partial charge in [-0.05, 0) is 12.1 Å². The Morgan fingerprint density at radius 2 is 2.16 bits per heavy atom. The number of fused-ring (bicyclic) bond motifs is 1. The molecule has 0 saturated carbocycles. The van der Waals surface area contributed by atoms with E-state index in [1.54, 1.807) is 6.07 Å². The van der Waals surface area contributed by atoms with E-state index in [-0.39, 0.29) is 24.6 Å². The lowest BCUT2D eigenvalue weighted by molar-refractivity contribution is -0.122. The van der Waals surface area contributed by atoms with Crippen molar-refractivity contribution in [3.63, 3.8) is 0 Å². The molecular weight excluding hydrogens is 416 g/mol. The Bertz CT molecular complexity index is 1220. The number of rotatable bonds is 4. The van der Waals surface area contributed by atoms with Crippen molar-refractivity contribution in [2.75, 3.05) is 13.7 Å². The number of methoxy groups -OCH3 is 1. The molecule has 2 aliphatic heterocycles. The summed E-state index contributed by atoms with van der Waals surface area (Å²) in [7, 11) is 1.45. The van der Waals surface area contributed by atoms with Crippen LogP contribution in [0.3, 0.4) is 0 Å². The average Bonchev–Trinajstić information content (AvgIpc) is 3.26. The molecule has 11 nitrogen and oxygen atoms in total. The summed E-state index contributed by atoms with van der Waals surface area (Å²) in [6.07, 6.45) is 2.69. The molecule has 1 aromatic carbocycles. The SMILES string of the molecule is COc1c#cc2c(c1)C(=O)N(C[C@@]1(C#Cc3cncc(C(=O)NN)c3)NC(=O)NC1=O)C2. The van der Waals surface area contributed by atoms with Gasteiger partial charge in [-0.1, -0.05) is 17.9 Å². The van der Waals surface area contributed by atoms with Crippen molar-refractivity contribution in [2.45, 2.75) is 12.1 Å². The van der Waals surface area contributed by atoms with E-state index in [4.69, 9.17) is 10.6 Å². The number of carbonyl (C=O) groups is 4. The van der Waals surface area contributed by atoms with Crippen molar-refractivity contribution in [1.82, 2.24) is 25.9 Å². The number of nitrogen functional groups attached to an aromatic ring is 1. The molecule has 160 valence electrons. The van der Waals surface area contributed by atoms with E-state index < -0.39 is 23.4 Å². The number of aromatic nitrogens is 1. The number of ether oxygens (including phenoxy) is 1. The fraction of sp³-hybridized carbons (Fsp3) is 0.190. The summed E-state index contributed by atoms with van der Waals surface area (Å²) in [4.78, 5) is 54.4. The smallest absolute Gasteiger partial charge is 0.323 e. The lowest BCUT2D eigenvalue weighted by atomic mass is 9.99. The predicted molar refractivity (Wildman–Crippen MR) is 108 cm³/mol. The van der Waals surface area contributed by atoms with Gasteiger partial charge in [0.15, 0.2) is 5.75 Å². The highest BCUT2D eigenvalue weighted by Gasteiger charge is 2.48. The minimum absolute atomic E-state index is 0.162. The maximum absolute atomic E-state index is 12.9. The zero-order valence-electron chi connectivity index (χ0n) is 16.7. The Labute approximate surface area is 182 Å². The average molecular weight is 432 g/mol. The molecule has 5 N–H and O–H groups in total. The fourth-order valence-corrected chi connectivity index (χ4v) is 3.36. The van der Waals surface area contributed by atoms with Crippen LogP contribution in [0.5, 0.6) is 5.75 Å². The van der Waals surface area contributed by atoms with Gasteiger partial charge in [-0.2, -0.15) is 0 Å². The molecule has 11 heteroatoms. The third-order valence-corrected chi connectivity index (χ3v) is 4.95. The number of urea groups is 1. The van der Waals surface area contributed by atoms with E-state index >= 15 is 0 Å². The van der Waals surface area contributed by atoms with E-state index in [1.165, 1.54) is 30.5 Å². The first-order chi connectivity index (χ1) is 15.3. The molecule has 3 heterocycles. The van der Waals surface area contributed by atoms with Gasteiger partial charge in [-0.3, -0.25) is 30.1 Å². The van der Waals surface area contributed by atoms with E-state index in [9.17, 15) is 19.2 Å². The highest BCUT2D eigenvalue weighted by molar-refractivity contribution is 6.10. The van der Waals surface area contributed by atoms with Gasteiger partial charge in [0, 0.05) is 29.6 Å². The maximum Gasteiger partial charge on any atom is 0.323 e. The van der Waals surface area contributed by atoms with Crippen LogP contribution in [0.15, 0.2) is 24.5 Å². The first-order valence-electron chi connectivity index (χ1n) is 9.28. The van der Waals surface area contributed by atoms with Crippen LogP contribution in [-0.4, -0.2) is 52.8 Å². The lowest BCUT2D eigenvalue weighted by Gasteiger charge is -2.26. The van der Waals surface area contributed by atoms with Crippen LogP contribution >= 0.6 is 0 Å². The summed E-state index contributed by atoms with van der Waals surface area (Å²) in [6, 6.07) is 7.90. The molecule has 1 aromatic heterocycles. The molecule has 1 saturated heterocycles. The second-order valence-electron chi connectivity index (χ2n) is 7.02. The van der Waals surface area contributed by atoms with Crippen molar-refractivity contribution in [3.8, 4) is 17.6 Å². The first-order valence-corrected chi connectivity index (χ1v) is 9.28. The number of nitrogens with one attached hydrogen (secondary N) is 3. The van der Waals surface area contributed by atoms with Gasteiger partial charge in [-0.15, -0.1) is 0 Å². The van der Waals surface area contributed by atoms with Gasteiger partial charge >= 0.3 is 6.03 Å². The molecule has 0 bridgehead atoms. The summed E-state index contributed by atoms with van der Waals surface area (Å²) in [6.45, 7) is -0.0490. The van der Waals surface area contributed by atoms with Crippen molar-refractivity contribution in [2.24, 2.45) is 5.84 Å². The van der Waals surface area contributed by atoms with Crippen LogP contribution in [0.25, 0.3) is 0 Å². The Morgan fingerprint density at radius 3 is 2.84 bits per heavy atom. The van der Waals surface area contributed by atoms with Crippen molar-refractivity contribution in [3.05, 3.63) is 58.9 Å². The zero-order valence-corrected chi connectivity index (χ0v) is 16.7. The number of hydrogen-bond acceptors (Lipinski definition) is 7. The minimum atomic E-state index is -1.70. The van der Waals surface area contributed by atoms with Crippen molar-refractivity contribution >= 4 is 23.8 Å². The Kier molecular flexibility index (Phi) is 5.10. The predicted octanol–water partition coefficient (Wildman–Crippen LogP) is -1.12. The Hall–Kier alpha value is -4.61. The number of amides is 5. The number of imide groups is 1. The zero-order chi connectivity index (χ0) is 22.9. The Balaban J connectivity index is 1.64. The van der Waals surface area contributed by atoms with E-state index in [0.29, 0.717) is 22.4 Å². The van der Waals surface area contributed by atoms with Gasteiger partial charge in [-0.25, -0.2) is 10.6 Å². The minimum Gasteiger partial charge on any atom is -0.489 e. The largest absolute Gasteiger partial charge is 0.489 e. The van der Waals surface area contributed by atoms with E-state index in [1.807, 2.05) is 5.43 Å². The third-order valence-electron chi connectivity index (χ3n) is 4.95. The first kappa shape index (κ1) is 20.7. The van der Waals surface area contributed by atoms with E-state index in [0.717, 1.165) is 0 Å². The normalized spacial score (nSPS) is 18.7. The lowest BCUT2D eigenvalue weighted by Crippen LogP contribution is -2.54. The third kappa shape index (κ3) is 3.64. The number of nitrogens with zero attached hydrogens (tertiary/aromatic N) is 2. The standard InChI is InChI=1S/C21H16N6O5/c1-32-15-3-2-13-10-27(18(29)16(13)7-15)11-21(19(30)24-20(31)25-21)5-4-12-6-14(9-23-8-12)17(28)26-22/h6-9H,10-11,22H2,1H3,(H,26,28)(H2,24,25,30,31)/t21-/m1/s1. The monoisotopic (exact) mass is 432 g/mol. The number of nitrogens with two attached hydrogens (primary N) is 1. The number of hydrogen-bond donors (Lipinski definition) is 4. The second kappa shape index (κ2) is 7.91. The van der Waals surface area contributed by atoms with Gasteiger partial charge in [0.05, 0.1) is 31.3 Å². The summed E-state index contributed by atoms with van der Waals surface area (Å²) >= 11 is 0. The van der Waals surface area contributed by atoms with Gasteiger partial charge in [0.1, 0.15) is 0 Å². The molecular formula is C21H16N6O5. The highest BCUT2D eigenvalue weighted by atomic mass is 16.5. The van der Waals surface area contributed by atoms with Crippen LogP contribution in [0, 0.1) is 24.0 Å². The van der Waals surface area contributed by atoms with Gasteiger partial charge < -0.3 is 15.0 Å². The Morgan fingerprint density at radius 1 is 1.34 bits per heavy atom. The summed E-state index contributed by atoms with van der Waals surface area (Å²) in [5.74, 6) is 9.35. The molecule has 5 amide bonds. The van der Waals surface area contributed by atoms with Crippen LogP contribution in [0.4, 0.5) is 4.79 Å². The number of hydrazine groups is 1. The highest BCUT2D eigenvalue weighted by Crippen LogP contribution is 2.26. The van der Waals surface area contributed by atoms with Crippen LogP contribution in [0.2, 0.25) is 0 Å². The molecule has 1 fully saturated rings. The molecule has 0 unspecified atom stereocenters. The van der Waals surface area contributed by atoms with Gasteiger partial charge in [0.25, 0.3) is 17.7 Å². The number of carbonyl (C=O) groups excluding carboxylic acids is 4. The molecule has 0 aliphatic carbocycles. The quantitative estimate of drug-likeness (QED) is 0.157. The molecule has 32 heavy (non-hydrogen) atoms. The molecule has 4 rings (SSSR count). The van der Waals surface area contributed by atoms with Crippen LogP contribution in [-0.2, 0) is 11.3 Å².